The molecule has 6 nitrogen and oxygen atoms in total. The van der Waals surface area contributed by atoms with Crippen molar-refractivity contribution in [3.8, 4) is 11.4 Å². The molecule has 1 aromatic heterocycles. The first-order valence-electron chi connectivity index (χ1n) is 11.2. The molecule has 0 radical (unpaired) electrons. The number of carbonyl (C=O) groups excluding carboxylic acids is 1. The molecule has 1 heterocycles. The van der Waals surface area contributed by atoms with E-state index in [9.17, 15) is 14.0 Å². The number of hydrogen-bond donors (Lipinski definition) is 1. The second kappa shape index (κ2) is 10.7. The second-order valence-electron chi connectivity index (χ2n) is 8.13. The van der Waals surface area contributed by atoms with Crippen LogP contribution in [0.1, 0.15) is 18.1 Å². The van der Waals surface area contributed by atoms with Gasteiger partial charge in [0.05, 0.1) is 29.0 Å². The van der Waals surface area contributed by atoms with Crippen molar-refractivity contribution in [3.05, 3.63) is 94.0 Å². The summed E-state index contributed by atoms with van der Waals surface area (Å²) in [6, 6.07) is 19.3. The minimum atomic E-state index is -0.527. The molecule has 8 heteroatoms. The fourth-order valence-corrected chi connectivity index (χ4v) is 4.57. The van der Waals surface area contributed by atoms with E-state index >= 15 is 0 Å². The van der Waals surface area contributed by atoms with Gasteiger partial charge in [-0.05, 0) is 67.8 Å². The number of amides is 1. The number of rotatable bonds is 8. The number of nitrogens with one attached hydrogen (secondary N) is 1. The number of thioether (sulfide) groups is 1. The third kappa shape index (κ3) is 5.54. The van der Waals surface area contributed by atoms with E-state index in [1.165, 1.54) is 10.6 Å². The molecule has 4 rings (SSSR count). The number of para-hydroxylation sites is 1. The Morgan fingerprint density at radius 3 is 2.60 bits per heavy atom. The number of benzene rings is 3. The van der Waals surface area contributed by atoms with E-state index in [0.717, 1.165) is 23.1 Å². The number of aromatic nitrogens is 2. The van der Waals surface area contributed by atoms with Crippen LogP contribution in [-0.2, 0) is 11.2 Å². The summed E-state index contributed by atoms with van der Waals surface area (Å²) in [6.07, 6.45) is 0.675. The average Bonchev–Trinajstić information content (AvgIpc) is 2.86. The smallest absolute Gasteiger partial charge is 0.266 e. The standard InChI is InChI=1S/C27H26FN3O3S/c1-17-8-11-20(16-23(17)28)31-26(33)22-6-4-5-7-24(22)30-27(31)35-18(2)25(32)29-15-14-19-9-12-21(34-3)13-10-19/h4-13,16,18H,14-15H2,1-3H3,(H,29,32). The van der Waals surface area contributed by atoms with Crippen molar-refractivity contribution in [2.24, 2.45) is 0 Å². The van der Waals surface area contributed by atoms with Crippen LogP contribution in [0.5, 0.6) is 5.75 Å². The maximum absolute atomic E-state index is 14.3. The van der Waals surface area contributed by atoms with Gasteiger partial charge < -0.3 is 10.1 Å². The Hall–Kier alpha value is -3.65. The number of halogens is 1. The SMILES string of the molecule is COc1ccc(CCNC(=O)C(C)Sc2nc3ccccc3c(=O)n2-c2ccc(C)c(F)c2)cc1. The number of aryl methyl sites for hydroxylation is 1. The molecule has 0 aliphatic heterocycles. The van der Waals surface area contributed by atoms with Crippen molar-refractivity contribution in [3.63, 3.8) is 0 Å². The summed E-state index contributed by atoms with van der Waals surface area (Å²) in [6.45, 7) is 3.89. The zero-order chi connectivity index (χ0) is 24.9. The lowest BCUT2D eigenvalue weighted by Gasteiger charge is -2.17. The maximum atomic E-state index is 14.3. The summed E-state index contributed by atoms with van der Waals surface area (Å²) in [5.41, 5.74) is 2.14. The van der Waals surface area contributed by atoms with Crippen molar-refractivity contribution in [1.29, 1.82) is 0 Å². The van der Waals surface area contributed by atoms with E-state index in [-0.39, 0.29) is 11.5 Å². The summed E-state index contributed by atoms with van der Waals surface area (Å²) in [4.78, 5) is 30.8. The highest BCUT2D eigenvalue weighted by molar-refractivity contribution is 8.00. The predicted octanol–water partition coefficient (Wildman–Crippen LogP) is 4.68. The normalized spacial score (nSPS) is 11.9. The van der Waals surface area contributed by atoms with Gasteiger partial charge in [-0.1, -0.05) is 42.1 Å². The molecule has 1 atom stereocenters. The number of fused-ring (bicyclic) bond motifs is 1. The van der Waals surface area contributed by atoms with Gasteiger partial charge in [0, 0.05) is 6.54 Å². The first kappa shape index (κ1) is 24.5. The summed E-state index contributed by atoms with van der Waals surface area (Å²) < 4.78 is 20.9. The number of ether oxygens (including phenoxy) is 1. The van der Waals surface area contributed by atoms with Crippen LogP contribution in [0, 0.1) is 12.7 Å². The van der Waals surface area contributed by atoms with E-state index in [0.29, 0.717) is 40.3 Å². The highest BCUT2D eigenvalue weighted by Crippen LogP contribution is 2.26. The van der Waals surface area contributed by atoms with Crippen LogP contribution in [0.3, 0.4) is 0 Å². The third-order valence-corrected chi connectivity index (χ3v) is 6.73. The molecule has 1 amide bonds. The number of hydrogen-bond acceptors (Lipinski definition) is 5. The van der Waals surface area contributed by atoms with E-state index in [4.69, 9.17) is 4.74 Å². The van der Waals surface area contributed by atoms with Crippen LogP contribution in [0.25, 0.3) is 16.6 Å². The van der Waals surface area contributed by atoms with E-state index in [2.05, 4.69) is 10.3 Å². The number of nitrogens with zero attached hydrogens (tertiary/aromatic N) is 2. The van der Waals surface area contributed by atoms with Gasteiger partial charge in [-0.2, -0.15) is 0 Å². The Kier molecular flexibility index (Phi) is 7.51. The van der Waals surface area contributed by atoms with Crippen LogP contribution < -0.4 is 15.6 Å². The monoisotopic (exact) mass is 491 g/mol. The molecular formula is C27H26FN3O3S. The largest absolute Gasteiger partial charge is 0.497 e. The van der Waals surface area contributed by atoms with Crippen molar-refractivity contribution in [2.45, 2.75) is 30.7 Å². The summed E-state index contributed by atoms with van der Waals surface area (Å²) in [5, 5.41) is 3.17. The lowest BCUT2D eigenvalue weighted by molar-refractivity contribution is -0.120. The lowest BCUT2D eigenvalue weighted by atomic mass is 10.1. The predicted molar refractivity (Wildman–Crippen MR) is 137 cm³/mol. The summed E-state index contributed by atoms with van der Waals surface area (Å²) in [5.74, 6) is 0.195. The van der Waals surface area contributed by atoms with Crippen LogP contribution in [0.2, 0.25) is 0 Å². The Morgan fingerprint density at radius 2 is 1.89 bits per heavy atom. The minimum Gasteiger partial charge on any atom is -0.497 e. The fourth-order valence-electron chi connectivity index (χ4n) is 3.62. The number of carbonyl (C=O) groups is 1. The van der Waals surface area contributed by atoms with Crippen LogP contribution in [-0.4, -0.2) is 34.4 Å². The van der Waals surface area contributed by atoms with Crippen molar-refractivity contribution < 1.29 is 13.9 Å². The van der Waals surface area contributed by atoms with Crippen LogP contribution >= 0.6 is 11.8 Å². The van der Waals surface area contributed by atoms with Gasteiger partial charge in [0.2, 0.25) is 5.91 Å². The molecule has 1 unspecified atom stereocenters. The zero-order valence-corrected chi connectivity index (χ0v) is 20.6. The molecule has 0 aliphatic carbocycles. The summed E-state index contributed by atoms with van der Waals surface area (Å²) in [7, 11) is 1.62. The third-order valence-electron chi connectivity index (χ3n) is 5.68. The molecule has 0 aliphatic rings. The molecule has 1 N–H and O–H groups in total. The molecule has 3 aromatic carbocycles. The van der Waals surface area contributed by atoms with Gasteiger partial charge in [0.25, 0.3) is 5.56 Å². The Bertz CT molecular complexity index is 1420. The van der Waals surface area contributed by atoms with Gasteiger partial charge in [-0.25, -0.2) is 9.37 Å². The molecule has 0 bridgehead atoms. The van der Waals surface area contributed by atoms with E-state index in [1.54, 1.807) is 57.4 Å². The first-order valence-corrected chi connectivity index (χ1v) is 12.1. The molecule has 35 heavy (non-hydrogen) atoms. The topological polar surface area (TPSA) is 73.2 Å². The van der Waals surface area contributed by atoms with Gasteiger partial charge in [0.1, 0.15) is 11.6 Å². The summed E-state index contributed by atoms with van der Waals surface area (Å²) >= 11 is 1.16. The van der Waals surface area contributed by atoms with Gasteiger partial charge in [0.15, 0.2) is 5.16 Å². The second-order valence-corrected chi connectivity index (χ2v) is 9.44. The average molecular weight is 492 g/mol. The van der Waals surface area contributed by atoms with Gasteiger partial charge >= 0.3 is 0 Å². The van der Waals surface area contributed by atoms with Gasteiger partial charge in [-0.15, -0.1) is 0 Å². The molecule has 4 aromatic rings. The van der Waals surface area contributed by atoms with E-state index < -0.39 is 11.1 Å². The lowest BCUT2D eigenvalue weighted by Crippen LogP contribution is -2.33. The molecule has 0 saturated carbocycles. The van der Waals surface area contributed by atoms with Crippen molar-refractivity contribution >= 4 is 28.6 Å². The van der Waals surface area contributed by atoms with Gasteiger partial charge in [-0.3, -0.25) is 14.2 Å². The fraction of sp³-hybridized carbons (Fsp3) is 0.222. The Labute approximate surface area is 207 Å². The highest BCUT2D eigenvalue weighted by Gasteiger charge is 2.20. The molecule has 180 valence electrons. The molecule has 0 saturated heterocycles. The quantitative estimate of drug-likeness (QED) is 0.286. The Balaban J connectivity index is 1.55. The van der Waals surface area contributed by atoms with Crippen molar-refractivity contribution in [1.82, 2.24) is 14.9 Å². The minimum absolute atomic E-state index is 0.174. The Morgan fingerprint density at radius 1 is 1.14 bits per heavy atom. The van der Waals surface area contributed by atoms with Crippen LogP contribution in [0.15, 0.2) is 76.7 Å². The maximum Gasteiger partial charge on any atom is 0.266 e. The molecule has 0 fully saturated rings. The molecule has 0 spiro atoms. The number of methoxy groups -OCH3 is 1. The van der Waals surface area contributed by atoms with Crippen molar-refractivity contribution in [2.75, 3.05) is 13.7 Å². The zero-order valence-electron chi connectivity index (χ0n) is 19.7. The van der Waals surface area contributed by atoms with E-state index in [1.807, 2.05) is 24.3 Å². The molecular weight excluding hydrogens is 465 g/mol. The van der Waals surface area contributed by atoms with Crippen LogP contribution in [0.4, 0.5) is 4.39 Å². The highest BCUT2D eigenvalue weighted by atomic mass is 32.2. The first-order chi connectivity index (χ1) is 16.9.